The van der Waals surface area contributed by atoms with Crippen molar-refractivity contribution < 1.29 is 24.5 Å². The number of methoxy groups -OCH3 is 1. The number of carbonyl (C=O) groups is 1. The van der Waals surface area contributed by atoms with E-state index in [1.165, 1.54) is 20.1 Å². The van der Waals surface area contributed by atoms with Gasteiger partial charge in [0.05, 0.1) is 0 Å². The van der Waals surface area contributed by atoms with Gasteiger partial charge < -0.3 is 19.7 Å². The van der Waals surface area contributed by atoms with Gasteiger partial charge in [-0.15, -0.1) is 0 Å². The molecule has 0 saturated heterocycles. The Kier molecular flexibility index (Phi) is 3.73. The molecule has 88 valence electrons. The number of ketones is 1. The van der Waals surface area contributed by atoms with E-state index in [0.717, 1.165) is 6.07 Å². The number of phenols is 2. The monoisotopic (exact) mass is 226 g/mol. The average Bonchev–Trinajstić information content (AvgIpc) is 2.15. The molecule has 0 aliphatic rings. The first-order chi connectivity index (χ1) is 7.45. The molecule has 0 aromatic heterocycles. The van der Waals surface area contributed by atoms with Crippen molar-refractivity contribution in [3.8, 4) is 17.2 Å². The van der Waals surface area contributed by atoms with Crippen molar-refractivity contribution in [3.05, 3.63) is 17.7 Å². The fourth-order valence-electron chi connectivity index (χ4n) is 1.26. The Bertz CT molecular complexity index is 400. The molecule has 5 heteroatoms. The van der Waals surface area contributed by atoms with Crippen molar-refractivity contribution in [2.24, 2.45) is 0 Å². The van der Waals surface area contributed by atoms with E-state index >= 15 is 0 Å². The maximum absolute atomic E-state index is 11.3. The number of Topliss-reactive ketones (excluding diaryl/α,β-unsaturated/α-hetero) is 1. The van der Waals surface area contributed by atoms with E-state index in [1.807, 2.05) is 0 Å². The first-order valence-corrected chi connectivity index (χ1v) is 4.72. The van der Waals surface area contributed by atoms with E-state index in [9.17, 15) is 15.0 Å². The van der Waals surface area contributed by atoms with Crippen LogP contribution in [0, 0.1) is 0 Å². The van der Waals surface area contributed by atoms with Gasteiger partial charge in [0.2, 0.25) is 0 Å². The molecule has 0 spiro atoms. The normalized spacial score (nSPS) is 12.2. The lowest BCUT2D eigenvalue weighted by atomic mass is 10.1. The van der Waals surface area contributed by atoms with Crippen molar-refractivity contribution in [3.63, 3.8) is 0 Å². The number of hydrogen-bond acceptors (Lipinski definition) is 5. The summed E-state index contributed by atoms with van der Waals surface area (Å²) >= 11 is 0. The number of ether oxygens (including phenoxy) is 2. The van der Waals surface area contributed by atoms with Gasteiger partial charge in [-0.2, -0.15) is 0 Å². The van der Waals surface area contributed by atoms with Gasteiger partial charge in [0.15, 0.2) is 12.1 Å². The lowest BCUT2D eigenvalue weighted by Crippen LogP contribution is -2.15. The Morgan fingerprint density at radius 3 is 2.50 bits per heavy atom. The van der Waals surface area contributed by atoms with Crippen molar-refractivity contribution in [1.82, 2.24) is 0 Å². The molecule has 0 amide bonds. The highest BCUT2D eigenvalue weighted by Gasteiger charge is 2.17. The molecule has 0 radical (unpaired) electrons. The van der Waals surface area contributed by atoms with Gasteiger partial charge in [-0.3, -0.25) is 4.79 Å². The van der Waals surface area contributed by atoms with Crippen molar-refractivity contribution in [2.45, 2.75) is 20.1 Å². The van der Waals surface area contributed by atoms with Gasteiger partial charge in [0.25, 0.3) is 0 Å². The number of rotatable bonds is 4. The molecule has 0 bridgehead atoms. The quantitative estimate of drug-likeness (QED) is 0.603. The lowest BCUT2D eigenvalue weighted by Gasteiger charge is -2.16. The summed E-state index contributed by atoms with van der Waals surface area (Å²) in [6.45, 7) is 2.93. The van der Waals surface area contributed by atoms with E-state index in [-0.39, 0.29) is 28.6 Å². The molecule has 0 heterocycles. The molecule has 1 atom stereocenters. The first kappa shape index (κ1) is 12.3. The fourth-order valence-corrected chi connectivity index (χ4v) is 1.26. The van der Waals surface area contributed by atoms with E-state index in [1.54, 1.807) is 6.92 Å². The number of hydrogen-bond donors (Lipinski definition) is 2. The minimum absolute atomic E-state index is 0.0294. The maximum Gasteiger partial charge on any atom is 0.196 e. The predicted molar refractivity (Wildman–Crippen MR) is 56.9 cm³/mol. The van der Waals surface area contributed by atoms with Crippen LogP contribution in [0.2, 0.25) is 0 Å². The molecule has 1 rings (SSSR count). The van der Waals surface area contributed by atoms with Crippen LogP contribution in [0.3, 0.4) is 0 Å². The van der Waals surface area contributed by atoms with Crippen molar-refractivity contribution >= 4 is 5.78 Å². The molecular formula is C11H14O5. The minimum atomic E-state index is -0.584. The van der Waals surface area contributed by atoms with E-state index in [2.05, 4.69) is 0 Å². The Morgan fingerprint density at radius 1 is 1.38 bits per heavy atom. The molecule has 1 aromatic rings. The first-order valence-electron chi connectivity index (χ1n) is 4.72. The summed E-state index contributed by atoms with van der Waals surface area (Å²) in [5, 5.41) is 18.8. The van der Waals surface area contributed by atoms with Crippen LogP contribution in [0.25, 0.3) is 0 Å². The van der Waals surface area contributed by atoms with E-state index in [0.29, 0.717) is 0 Å². The van der Waals surface area contributed by atoms with Crippen LogP contribution in [0.1, 0.15) is 24.2 Å². The molecule has 0 fully saturated rings. The number of carbonyl (C=O) groups excluding carboxylic acids is 1. The molecule has 0 aliphatic heterocycles. The van der Waals surface area contributed by atoms with Crippen LogP contribution in [0.5, 0.6) is 17.2 Å². The third kappa shape index (κ3) is 2.64. The zero-order valence-electron chi connectivity index (χ0n) is 9.35. The summed E-state index contributed by atoms with van der Waals surface area (Å²) in [5.74, 6) is -0.748. The van der Waals surface area contributed by atoms with Crippen LogP contribution in [0.15, 0.2) is 12.1 Å². The second-order valence-electron chi connectivity index (χ2n) is 3.32. The standard InChI is InChI=1S/C11H14O5/c1-6(12)11-9(14)4-8(13)5-10(11)16-7(2)15-3/h4-5,7,13-14H,1-3H3. The minimum Gasteiger partial charge on any atom is -0.508 e. The van der Waals surface area contributed by atoms with Crippen LogP contribution in [-0.4, -0.2) is 29.4 Å². The summed E-state index contributed by atoms with van der Waals surface area (Å²) in [7, 11) is 1.45. The second kappa shape index (κ2) is 4.85. The van der Waals surface area contributed by atoms with Crippen molar-refractivity contribution in [2.75, 3.05) is 7.11 Å². The Morgan fingerprint density at radius 2 is 2.00 bits per heavy atom. The highest BCUT2D eigenvalue weighted by molar-refractivity contribution is 5.99. The molecule has 1 aromatic carbocycles. The molecule has 5 nitrogen and oxygen atoms in total. The molecule has 16 heavy (non-hydrogen) atoms. The average molecular weight is 226 g/mol. The summed E-state index contributed by atoms with van der Waals surface area (Å²) in [6, 6.07) is 2.34. The summed E-state index contributed by atoms with van der Waals surface area (Å²) < 4.78 is 10.1. The van der Waals surface area contributed by atoms with E-state index in [4.69, 9.17) is 9.47 Å². The number of benzene rings is 1. The van der Waals surface area contributed by atoms with Gasteiger partial charge in [0, 0.05) is 19.2 Å². The fraction of sp³-hybridized carbons (Fsp3) is 0.364. The smallest absolute Gasteiger partial charge is 0.196 e. The van der Waals surface area contributed by atoms with Crippen molar-refractivity contribution in [1.29, 1.82) is 0 Å². The third-order valence-corrected chi connectivity index (χ3v) is 2.04. The van der Waals surface area contributed by atoms with Crippen LogP contribution >= 0.6 is 0 Å². The topological polar surface area (TPSA) is 76.0 Å². The van der Waals surface area contributed by atoms with Crippen LogP contribution < -0.4 is 4.74 Å². The molecule has 0 aliphatic carbocycles. The zero-order valence-corrected chi connectivity index (χ0v) is 9.35. The van der Waals surface area contributed by atoms with Gasteiger partial charge in [-0.25, -0.2) is 0 Å². The SMILES string of the molecule is COC(C)Oc1cc(O)cc(O)c1C(C)=O. The van der Waals surface area contributed by atoms with Gasteiger partial charge in [0.1, 0.15) is 22.8 Å². The number of phenolic OH excluding ortho intramolecular Hbond substituents is 2. The summed E-state index contributed by atoms with van der Waals surface area (Å²) in [5.41, 5.74) is 0.0294. The Hall–Kier alpha value is -1.75. The van der Waals surface area contributed by atoms with Gasteiger partial charge >= 0.3 is 0 Å². The van der Waals surface area contributed by atoms with Crippen LogP contribution in [-0.2, 0) is 4.74 Å². The van der Waals surface area contributed by atoms with E-state index < -0.39 is 6.29 Å². The maximum atomic E-state index is 11.3. The second-order valence-corrected chi connectivity index (χ2v) is 3.32. The lowest BCUT2D eigenvalue weighted by molar-refractivity contribution is -0.0387. The van der Waals surface area contributed by atoms with Gasteiger partial charge in [-0.05, 0) is 13.8 Å². The van der Waals surface area contributed by atoms with Crippen LogP contribution in [0.4, 0.5) is 0 Å². The third-order valence-electron chi connectivity index (χ3n) is 2.04. The highest BCUT2D eigenvalue weighted by Crippen LogP contribution is 2.33. The molecule has 0 saturated carbocycles. The Labute approximate surface area is 93.2 Å². The number of aromatic hydroxyl groups is 2. The predicted octanol–water partition coefficient (Wildman–Crippen LogP) is 1.67. The molecule has 1 unspecified atom stereocenters. The van der Waals surface area contributed by atoms with Gasteiger partial charge in [-0.1, -0.05) is 0 Å². The molecular weight excluding hydrogens is 212 g/mol. The Balaban J connectivity index is 3.19. The summed E-state index contributed by atoms with van der Waals surface area (Å²) in [6.07, 6.45) is -0.584. The largest absolute Gasteiger partial charge is 0.508 e. The summed E-state index contributed by atoms with van der Waals surface area (Å²) in [4.78, 5) is 11.3. The molecule has 2 N–H and O–H groups in total. The zero-order chi connectivity index (χ0) is 12.3. The highest BCUT2D eigenvalue weighted by atomic mass is 16.7.